The molecular formula is C16H27N2Pd-. The van der Waals surface area contributed by atoms with Gasteiger partial charge in [-0.15, -0.1) is 0 Å². The molecule has 2 aliphatic rings. The Morgan fingerprint density at radius 2 is 1.11 bits per heavy atom. The van der Waals surface area contributed by atoms with Gasteiger partial charge in [0, 0.05) is 0 Å². The Bertz CT molecular complexity index is 395. The van der Waals surface area contributed by atoms with E-state index in [1.54, 1.807) is 0 Å². The van der Waals surface area contributed by atoms with Crippen molar-refractivity contribution in [1.29, 1.82) is 0 Å². The van der Waals surface area contributed by atoms with E-state index in [1.807, 2.05) is 0 Å². The predicted octanol–water partition coefficient (Wildman–Crippen LogP) is 4.83. The second-order valence-corrected chi connectivity index (χ2v) is 6.63. The number of imidazole rings is 1. The van der Waals surface area contributed by atoms with Gasteiger partial charge in [0.15, 0.2) is 0 Å². The van der Waals surface area contributed by atoms with E-state index < -0.39 is 0 Å². The molecule has 0 N–H and O–H groups in total. The SMILES string of the molecule is [CH3-].[Pd]=[c]1n(C2CCCCC2)ccn1C1CCCCC1. The summed E-state index contributed by atoms with van der Waals surface area (Å²) in [7, 11) is 0. The molecule has 1 heterocycles. The second kappa shape index (κ2) is 7.05. The van der Waals surface area contributed by atoms with Crippen LogP contribution < -0.4 is 0 Å². The molecule has 2 nitrogen and oxygen atoms in total. The van der Waals surface area contributed by atoms with Crippen molar-refractivity contribution >= 4 is 0 Å². The van der Waals surface area contributed by atoms with E-state index in [1.165, 1.54) is 68.1 Å². The zero-order valence-electron chi connectivity index (χ0n) is 12.1. The standard InChI is InChI=1S/C15H24N2.CH3.Pd/c1-3-7-14(8-4-1)16-11-12-17(13-16)15-9-5-2-6-10-15;;/h11-12,14-15H,1-10H2;1H3;/q;-1;. The van der Waals surface area contributed by atoms with Crippen LogP contribution in [-0.4, -0.2) is 9.13 Å². The Hall–Kier alpha value is -0.128. The van der Waals surface area contributed by atoms with Crippen LogP contribution in [0.5, 0.6) is 0 Å². The molecule has 2 aliphatic carbocycles. The first-order valence-electron chi connectivity index (χ1n) is 7.60. The van der Waals surface area contributed by atoms with Crippen LogP contribution in [0.2, 0.25) is 0 Å². The molecule has 19 heavy (non-hydrogen) atoms. The molecular weight excluding hydrogens is 327 g/mol. The van der Waals surface area contributed by atoms with Crippen LogP contribution in [0.25, 0.3) is 0 Å². The van der Waals surface area contributed by atoms with Gasteiger partial charge in [0.05, 0.1) is 0 Å². The Morgan fingerprint density at radius 1 is 0.737 bits per heavy atom. The van der Waals surface area contributed by atoms with E-state index in [9.17, 15) is 0 Å². The van der Waals surface area contributed by atoms with Crippen LogP contribution in [0.4, 0.5) is 0 Å². The summed E-state index contributed by atoms with van der Waals surface area (Å²) in [5.74, 6) is 0. The van der Waals surface area contributed by atoms with Crippen molar-refractivity contribution in [3.05, 3.63) is 23.7 Å². The maximum absolute atomic E-state index is 3.54. The molecule has 0 aromatic carbocycles. The van der Waals surface area contributed by atoms with E-state index in [2.05, 4.69) is 40.3 Å². The molecule has 2 fully saturated rings. The van der Waals surface area contributed by atoms with Gasteiger partial charge in [0.25, 0.3) is 0 Å². The average Bonchev–Trinajstić information content (AvgIpc) is 2.83. The summed E-state index contributed by atoms with van der Waals surface area (Å²) in [5, 5.41) is 0. The van der Waals surface area contributed by atoms with Crippen LogP contribution in [0.15, 0.2) is 12.4 Å². The van der Waals surface area contributed by atoms with Crippen molar-refractivity contribution in [2.45, 2.75) is 76.3 Å². The Morgan fingerprint density at radius 3 is 1.47 bits per heavy atom. The van der Waals surface area contributed by atoms with Crippen molar-refractivity contribution < 1.29 is 18.7 Å². The predicted molar refractivity (Wildman–Crippen MR) is 76.3 cm³/mol. The molecule has 1 aromatic rings. The van der Waals surface area contributed by atoms with Gasteiger partial charge >= 0.3 is 120 Å². The van der Waals surface area contributed by atoms with Crippen molar-refractivity contribution in [2.75, 3.05) is 0 Å². The van der Waals surface area contributed by atoms with Crippen LogP contribution in [-0.2, 0) is 18.7 Å². The van der Waals surface area contributed by atoms with Crippen LogP contribution >= 0.6 is 0 Å². The number of nitrogens with zero attached hydrogens (tertiary/aromatic N) is 2. The Balaban J connectivity index is 0.00000133. The maximum atomic E-state index is 3.54. The van der Waals surface area contributed by atoms with Crippen molar-refractivity contribution in [1.82, 2.24) is 9.13 Å². The van der Waals surface area contributed by atoms with Gasteiger partial charge in [0.2, 0.25) is 0 Å². The first-order valence-corrected chi connectivity index (χ1v) is 8.38. The van der Waals surface area contributed by atoms with E-state index in [4.69, 9.17) is 0 Å². The van der Waals surface area contributed by atoms with Crippen LogP contribution in [0, 0.1) is 11.3 Å². The first-order chi connectivity index (χ1) is 8.86. The number of hydrogen-bond acceptors (Lipinski definition) is 0. The molecule has 0 aliphatic heterocycles. The molecule has 2 saturated carbocycles. The molecule has 0 saturated heterocycles. The van der Waals surface area contributed by atoms with Crippen LogP contribution in [0.1, 0.15) is 76.3 Å². The average molecular weight is 354 g/mol. The zero-order chi connectivity index (χ0) is 12.4. The fourth-order valence-electron chi connectivity index (χ4n) is 3.63. The van der Waals surface area contributed by atoms with Gasteiger partial charge < -0.3 is 7.43 Å². The molecule has 0 unspecified atom stereocenters. The molecule has 3 rings (SSSR count). The third-order valence-corrected chi connectivity index (χ3v) is 5.52. The van der Waals surface area contributed by atoms with Gasteiger partial charge in [-0.2, -0.15) is 0 Å². The fraction of sp³-hybridized carbons (Fsp3) is 0.750. The minimum absolute atomic E-state index is 0. The van der Waals surface area contributed by atoms with Gasteiger partial charge in [0.1, 0.15) is 0 Å². The summed E-state index contributed by atoms with van der Waals surface area (Å²) in [4.78, 5) is 0. The normalized spacial score (nSPS) is 22.2. The van der Waals surface area contributed by atoms with Crippen molar-refractivity contribution in [3.8, 4) is 0 Å². The Labute approximate surface area is 128 Å². The summed E-state index contributed by atoms with van der Waals surface area (Å²) in [6.07, 6.45) is 18.6. The molecule has 0 atom stereocenters. The van der Waals surface area contributed by atoms with Crippen molar-refractivity contribution in [3.63, 3.8) is 0 Å². The fourth-order valence-corrected chi connectivity index (χ4v) is 4.43. The second-order valence-electron chi connectivity index (χ2n) is 5.94. The summed E-state index contributed by atoms with van der Waals surface area (Å²) >= 11 is 3.54. The number of rotatable bonds is 2. The van der Waals surface area contributed by atoms with E-state index >= 15 is 0 Å². The van der Waals surface area contributed by atoms with Gasteiger partial charge in [-0.25, -0.2) is 0 Å². The first kappa shape index (κ1) is 15.3. The molecule has 0 amide bonds. The number of aromatic nitrogens is 2. The summed E-state index contributed by atoms with van der Waals surface area (Å²) in [6, 6.07) is 1.49. The molecule has 0 radical (unpaired) electrons. The van der Waals surface area contributed by atoms with Gasteiger partial charge in [-0.05, 0) is 0 Å². The molecule has 0 bridgehead atoms. The van der Waals surface area contributed by atoms with E-state index in [-0.39, 0.29) is 7.43 Å². The molecule has 0 spiro atoms. The molecule has 1 aromatic heterocycles. The summed E-state index contributed by atoms with van der Waals surface area (Å²) in [6.45, 7) is 0. The molecule has 112 valence electrons. The van der Waals surface area contributed by atoms with Crippen molar-refractivity contribution in [2.24, 2.45) is 0 Å². The van der Waals surface area contributed by atoms with E-state index in [0.717, 1.165) is 12.1 Å². The monoisotopic (exact) mass is 353 g/mol. The Kier molecular flexibility index (Phi) is 5.66. The van der Waals surface area contributed by atoms with Crippen LogP contribution in [0.3, 0.4) is 0 Å². The third-order valence-electron chi connectivity index (χ3n) is 4.72. The third kappa shape index (κ3) is 3.31. The summed E-state index contributed by atoms with van der Waals surface area (Å²) < 4.78 is 6.34. The topological polar surface area (TPSA) is 9.86 Å². The van der Waals surface area contributed by atoms with Gasteiger partial charge in [-0.3, -0.25) is 0 Å². The minimum atomic E-state index is 0. The quantitative estimate of drug-likeness (QED) is 0.532. The summed E-state index contributed by atoms with van der Waals surface area (Å²) in [5.41, 5.74) is 0. The van der Waals surface area contributed by atoms with E-state index in [0.29, 0.717) is 0 Å². The van der Waals surface area contributed by atoms with Gasteiger partial charge in [-0.1, -0.05) is 0 Å². The molecule has 3 heteroatoms. The number of hydrogen-bond donors (Lipinski definition) is 0. The zero-order valence-corrected chi connectivity index (χ0v) is 13.6.